The maximum Gasteiger partial charge on any atom is 0.243 e. The molecule has 6 heteroatoms. The molecule has 0 bridgehead atoms. The number of hydrogen-bond donors (Lipinski definition) is 1. The summed E-state index contributed by atoms with van der Waals surface area (Å²) in [4.78, 5) is 0.181. The number of ether oxygens (including phenoxy) is 1. The Bertz CT molecular complexity index is 540. The lowest BCUT2D eigenvalue weighted by Crippen LogP contribution is -2.36. The highest BCUT2D eigenvalue weighted by Crippen LogP contribution is 2.25. The molecule has 1 N–H and O–H groups in total. The van der Waals surface area contributed by atoms with Gasteiger partial charge in [-0.25, -0.2) is 8.42 Å². The molecule has 1 aromatic rings. The van der Waals surface area contributed by atoms with Crippen LogP contribution in [0.4, 0.5) is 0 Å². The van der Waals surface area contributed by atoms with Crippen molar-refractivity contribution >= 4 is 10.0 Å². The predicted octanol–water partition coefficient (Wildman–Crippen LogP) is 2.00. The zero-order chi connectivity index (χ0) is 15.3. The molecule has 0 aliphatic rings. The predicted molar refractivity (Wildman–Crippen MR) is 78.2 cm³/mol. The van der Waals surface area contributed by atoms with Crippen molar-refractivity contribution in [1.82, 2.24) is 4.31 Å². The fourth-order valence-corrected chi connectivity index (χ4v) is 3.78. The highest BCUT2D eigenvalue weighted by atomic mass is 32.2. The van der Waals surface area contributed by atoms with Gasteiger partial charge in [-0.1, -0.05) is 6.92 Å². The highest BCUT2D eigenvalue weighted by molar-refractivity contribution is 7.89. The van der Waals surface area contributed by atoms with Crippen molar-refractivity contribution in [3.63, 3.8) is 0 Å². The second-order valence-electron chi connectivity index (χ2n) is 4.66. The van der Waals surface area contributed by atoms with Crippen molar-refractivity contribution in [3.05, 3.63) is 23.8 Å². The van der Waals surface area contributed by atoms with E-state index >= 15 is 0 Å². The quantitative estimate of drug-likeness (QED) is 0.836. The second-order valence-corrected chi connectivity index (χ2v) is 6.55. The second kappa shape index (κ2) is 7.06. The first-order valence-corrected chi connectivity index (χ1v) is 8.20. The Morgan fingerprint density at radius 1 is 1.30 bits per heavy atom. The Morgan fingerprint density at radius 2 is 1.95 bits per heavy atom. The summed E-state index contributed by atoms with van der Waals surface area (Å²) in [5.41, 5.74) is 0.479. The molecule has 0 spiro atoms. The topological polar surface area (TPSA) is 66.8 Å². The Balaban J connectivity index is 3.26. The first kappa shape index (κ1) is 16.9. The van der Waals surface area contributed by atoms with Crippen molar-refractivity contribution in [2.75, 3.05) is 13.2 Å². The van der Waals surface area contributed by atoms with E-state index in [1.807, 2.05) is 20.8 Å². The maximum absolute atomic E-state index is 12.5. The standard InChI is InChI=1S/C14H23NO4S/c1-5-15(11(3)4)20(17,18)13-7-8-14(19-6-2)12(9-13)10-16/h7-9,11,16H,5-6,10H2,1-4H3. The molecule has 5 nitrogen and oxygen atoms in total. The van der Waals surface area contributed by atoms with E-state index in [0.29, 0.717) is 24.5 Å². The summed E-state index contributed by atoms with van der Waals surface area (Å²) < 4.78 is 31.9. The molecular formula is C14H23NO4S. The fraction of sp³-hybridized carbons (Fsp3) is 0.571. The molecule has 0 saturated heterocycles. The minimum Gasteiger partial charge on any atom is -0.494 e. The van der Waals surface area contributed by atoms with Crippen LogP contribution in [0.2, 0.25) is 0 Å². The molecule has 0 atom stereocenters. The minimum atomic E-state index is -3.55. The van der Waals surface area contributed by atoms with Crippen LogP contribution in [0, 0.1) is 0 Å². The highest BCUT2D eigenvalue weighted by Gasteiger charge is 2.26. The van der Waals surface area contributed by atoms with Crippen LogP contribution in [-0.2, 0) is 16.6 Å². The van der Waals surface area contributed by atoms with Crippen LogP contribution < -0.4 is 4.74 Å². The van der Waals surface area contributed by atoms with Gasteiger partial charge in [0.25, 0.3) is 0 Å². The number of aliphatic hydroxyl groups excluding tert-OH is 1. The van der Waals surface area contributed by atoms with Gasteiger partial charge in [0, 0.05) is 18.2 Å². The molecule has 0 saturated carbocycles. The van der Waals surface area contributed by atoms with Gasteiger partial charge in [0.2, 0.25) is 10.0 Å². The number of sulfonamides is 1. The van der Waals surface area contributed by atoms with Crippen molar-refractivity contribution < 1.29 is 18.3 Å². The van der Waals surface area contributed by atoms with Gasteiger partial charge < -0.3 is 9.84 Å². The SMILES string of the molecule is CCOc1ccc(S(=O)(=O)N(CC)C(C)C)cc1CO. The number of benzene rings is 1. The lowest BCUT2D eigenvalue weighted by molar-refractivity contribution is 0.266. The zero-order valence-corrected chi connectivity index (χ0v) is 13.3. The van der Waals surface area contributed by atoms with Crippen molar-refractivity contribution in [3.8, 4) is 5.75 Å². The van der Waals surface area contributed by atoms with E-state index in [-0.39, 0.29) is 17.5 Å². The summed E-state index contributed by atoms with van der Waals surface area (Å²) in [5, 5.41) is 9.35. The molecule has 0 aromatic heterocycles. The van der Waals surface area contributed by atoms with Crippen molar-refractivity contribution in [2.24, 2.45) is 0 Å². The zero-order valence-electron chi connectivity index (χ0n) is 12.5. The third kappa shape index (κ3) is 3.50. The monoisotopic (exact) mass is 301 g/mol. The average molecular weight is 301 g/mol. The summed E-state index contributed by atoms with van der Waals surface area (Å²) in [6.45, 7) is 7.92. The lowest BCUT2D eigenvalue weighted by atomic mass is 10.2. The van der Waals surface area contributed by atoms with Crippen LogP contribution in [0.1, 0.15) is 33.3 Å². The van der Waals surface area contributed by atoms with Gasteiger partial charge in [0.1, 0.15) is 5.75 Å². The first-order chi connectivity index (χ1) is 9.38. The molecule has 1 rings (SSSR count). The normalized spacial score (nSPS) is 12.2. The Kier molecular flexibility index (Phi) is 5.98. The molecule has 0 fully saturated rings. The molecule has 0 unspecified atom stereocenters. The van der Waals surface area contributed by atoms with E-state index in [0.717, 1.165) is 0 Å². The van der Waals surface area contributed by atoms with Gasteiger partial charge in [-0.3, -0.25) is 0 Å². The van der Waals surface area contributed by atoms with E-state index in [2.05, 4.69) is 0 Å². The van der Waals surface area contributed by atoms with Gasteiger partial charge in [0.15, 0.2) is 0 Å². The Hall–Kier alpha value is -1.11. The summed E-state index contributed by atoms with van der Waals surface area (Å²) in [7, 11) is -3.55. The summed E-state index contributed by atoms with van der Waals surface area (Å²) >= 11 is 0. The summed E-state index contributed by atoms with van der Waals surface area (Å²) in [5.74, 6) is 0.515. The maximum atomic E-state index is 12.5. The molecule has 0 radical (unpaired) electrons. The third-order valence-corrected chi connectivity index (χ3v) is 5.14. The Labute approximate surface area is 121 Å². The van der Waals surface area contributed by atoms with Crippen LogP contribution in [0.3, 0.4) is 0 Å². The summed E-state index contributed by atoms with van der Waals surface area (Å²) in [6.07, 6.45) is 0. The van der Waals surface area contributed by atoms with E-state index in [1.54, 1.807) is 13.0 Å². The fourth-order valence-electron chi connectivity index (χ4n) is 2.08. The molecule has 20 heavy (non-hydrogen) atoms. The molecule has 0 amide bonds. The molecule has 0 heterocycles. The van der Waals surface area contributed by atoms with Gasteiger partial charge in [0.05, 0.1) is 18.1 Å². The Morgan fingerprint density at radius 3 is 2.40 bits per heavy atom. The van der Waals surface area contributed by atoms with E-state index < -0.39 is 10.0 Å². The molecule has 1 aromatic carbocycles. The van der Waals surface area contributed by atoms with E-state index in [9.17, 15) is 13.5 Å². The lowest BCUT2D eigenvalue weighted by Gasteiger charge is -2.24. The molecule has 114 valence electrons. The molecule has 0 aliphatic carbocycles. The van der Waals surface area contributed by atoms with Gasteiger partial charge in [-0.2, -0.15) is 4.31 Å². The molecule has 0 aliphatic heterocycles. The number of rotatable bonds is 7. The van der Waals surface area contributed by atoms with Gasteiger partial charge in [-0.15, -0.1) is 0 Å². The smallest absolute Gasteiger partial charge is 0.243 e. The summed E-state index contributed by atoms with van der Waals surface area (Å²) in [6, 6.07) is 4.47. The largest absolute Gasteiger partial charge is 0.494 e. The van der Waals surface area contributed by atoms with Gasteiger partial charge in [-0.05, 0) is 39.0 Å². The van der Waals surface area contributed by atoms with E-state index in [1.165, 1.54) is 16.4 Å². The third-order valence-electron chi connectivity index (χ3n) is 3.00. The van der Waals surface area contributed by atoms with Crippen LogP contribution in [0.5, 0.6) is 5.75 Å². The number of aliphatic hydroxyl groups is 1. The minimum absolute atomic E-state index is 0.117. The van der Waals surface area contributed by atoms with Crippen LogP contribution >= 0.6 is 0 Å². The van der Waals surface area contributed by atoms with Crippen LogP contribution in [-0.4, -0.2) is 37.0 Å². The van der Waals surface area contributed by atoms with Gasteiger partial charge >= 0.3 is 0 Å². The number of hydrogen-bond acceptors (Lipinski definition) is 4. The van der Waals surface area contributed by atoms with E-state index in [4.69, 9.17) is 4.74 Å². The molecular weight excluding hydrogens is 278 g/mol. The van der Waals surface area contributed by atoms with Crippen molar-refractivity contribution in [2.45, 2.75) is 45.2 Å². The van der Waals surface area contributed by atoms with Crippen LogP contribution in [0.15, 0.2) is 23.1 Å². The van der Waals surface area contributed by atoms with Crippen molar-refractivity contribution in [1.29, 1.82) is 0 Å². The first-order valence-electron chi connectivity index (χ1n) is 6.76. The number of nitrogens with zero attached hydrogens (tertiary/aromatic N) is 1. The van der Waals surface area contributed by atoms with Crippen LogP contribution in [0.25, 0.3) is 0 Å². The average Bonchev–Trinajstić information content (AvgIpc) is 2.39.